The molecule has 2 aromatic carbocycles. The van der Waals surface area contributed by atoms with Crippen LogP contribution in [-0.4, -0.2) is 14.2 Å². The first-order valence-electron chi connectivity index (χ1n) is 9.69. The monoisotopic (exact) mass is 459 g/mol. The second kappa shape index (κ2) is 7.03. The van der Waals surface area contributed by atoms with E-state index in [9.17, 15) is 8.42 Å². The first kappa shape index (κ1) is 19.7. The summed E-state index contributed by atoms with van der Waals surface area (Å²) in [5.74, 6) is 0.793. The summed E-state index contributed by atoms with van der Waals surface area (Å²) in [5, 5.41) is 3.68. The molecule has 1 heterocycles. The number of anilines is 1. The number of halogens is 1. The van der Waals surface area contributed by atoms with Gasteiger partial charge in [-0.25, -0.2) is 8.42 Å². The van der Waals surface area contributed by atoms with Gasteiger partial charge in [-0.2, -0.15) is 0 Å². The lowest BCUT2D eigenvalue weighted by Gasteiger charge is -2.37. The summed E-state index contributed by atoms with van der Waals surface area (Å²) in [6.07, 6.45) is 5.47. The number of benzene rings is 2. The SMILES string of the molecule is CC(C)(C)CS(=O)(=O)c1ccc2c(c1)[C@H]1C=CC[C@H]1[C@@H](c1ccc(Br)cc1)N2. The molecule has 5 heteroatoms. The lowest BCUT2D eigenvalue weighted by atomic mass is 9.77. The minimum absolute atomic E-state index is 0.150. The number of sulfone groups is 1. The van der Waals surface area contributed by atoms with Crippen molar-refractivity contribution >= 4 is 31.5 Å². The van der Waals surface area contributed by atoms with Crippen LogP contribution < -0.4 is 5.32 Å². The molecule has 0 amide bonds. The molecule has 148 valence electrons. The van der Waals surface area contributed by atoms with Crippen LogP contribution in [-0.2, 0) is 9.84 Å². The van der Waals surface area contributed by atoms with Crippen molar-refractivity contribution in [3.8, 4) is 0 Å². The number of hydrogen-bond donors (Lipinski definition) is 1. The summed E-state index contributed by atoms with van der Waals surface area (Å²) in [4.78, 5) is 0.434. The predicted molar refractivity (Wildman–Crippen MR) is 118 cm³/mol. The van der Waals surface area contributed by atoms with E-state index in [1.54, 1.807) is 6.07 Å². The Bertz CT molecular complexity index is 1020. The van der Waals surface area contributed by atoms with E-state index in [1.165, 1.54) is 5.56 Å². The van der Waals surface area contributed by atoms with Gasteiger partial charge in [0.25, 0.3) is 0 Å². The van der Waals surface area contributed by atoms with Crippen LogP contribution in [0.25, 0.3) is 0 Å². The van der Waals surface area contributed by atoms with Crippen LogP contribution in [0.5, 0.6) is 0 Å². The summed E-state index contributed by atoms with van der Waals surface area (Å²) < 4.78 is 26.9. The fraction of sp³-hybridized carbons (Fsp3) is 0.391. The summed E-state index contributed by atoms with van der Waals surface area (Å²) in [7, 11) is -3.31. The molecule has 3 nitrogen and oxygen atoms in total. The highest BCUT2D eigenvalue weighted by Crippen LogP contribution is 2.50. The van der Waals surface area contributed by atoms with Crippen molar-refractivity contribution < 1.29 is 8.42 Å². The normalized spacial score (nSPS) is 23.8. The second-order valence-corrected chi connectivity index (χ2v) is 12.0. The summed E-state index contributed by atoms with van der Waals surface area (Å²) in [6.45, 7) is 5.88. The lowest BCUT2D eigenvalue weighted by Crippen LogP contribution is -2.29. The highest BCUT2D eigenvalue weighted by atomic mass is 79.9. The van der Waals surface area contributed by atoms with E-state index in [1.807, 2.05) is 32.9 Å². The molecule has 1 aliphatic heterocycles. The molecular formula is C23H26BrNO2S. The lowest BCUT2D eigenvalue weighted by molar-refractivity contribution is 0.425. The standard InChI is InChI=1S/C23H26BrNO2S/c1-23(2,3)14-28(26,27)17-11-12-21-20(13-17)18-5-4-6-19(18)22(25-21)15-7-9-16(24)10-8-15/h4-5,7-13,18-19,22,25H,6,14H2,1-3H3/t18-,19+,22+/m0/s1. The van der Waals surface area contributed by atoms with E-state index in [2.05, 4.69) is 57.7 Å². The highest BCUT2D eigenvalue weighted by Gasteiger charge is 2.38. The van der Waals surface area contributed by atoms with Gasteiger partial charge in [-0.3, -0.25) is 0 Å². The van der Waals surface area contributed by atoms with Gasteiger partial charge in [0, 0.05) is 16.1 Å². The van der Waals surface area contributed by atoms with Gasteiger partial charge in [0.1, 0.15) is 0 Å². The maximum absolute atomic E-state index is 12.9. The van der Waals surface area contributed by atoms with Gasteiger partial charge in [-0.05, 0) is 59.2 Å². The topological polar surface area (TPSA) is 46.2 Å². The smallest absolute Gasteiger partial charge is 0.178 e. The Balaban J connectivity index is 1.72. The Morgan fingerprint density at radius 1 is 1.11 bits per heavy atom. The maximum atomic E-state index is 12.9. The molecular weight excluding hydrogens is 434 g/mol. The van der Waals surface area contributed by atoms with Crippen molar-refractivity contribution in [3.63, 3.8) is 0 Å². The fourth-order valence-electron chi connectivity index (χ4n) is 4.42. The van der Waals surface area contributed by atoms with Gasteiger partial charge in [0.05, 0.1) is 16.7 Å². The zero-order chi connectivity index (χ0) is 20.1. The van der Waals surface area contributed by atoms with Crippen LogP contribution in [0.2, 0.25) is 0 Å². The minimum atomic E-state index is -3.31. The molecule has 4 rings (SSSR count). The first-order chi connectivity index (χ1) is 13.1. The summed E-state index contributed by atoms with van der Waals surface area (Å²) in [5.41, 5.74) is 3.13. The molecule has 0 radical (unpaired) electrons. The van der Waals surface area contributed by atoms with Crippen molar-refractivity contribution in [1.29, 1.82) is 0 Å². The van der Waals surface area contributed by atoms with Crippen molar-refractivity contribution in [2.75, 3.05) is 11.1 Å². The van der Waals surface area contributed by atoms with E-state index in [0.29, 0.717) is 10.8 Å². The molecule has 0 saturated heterocycles. The molecule has 1 aliphatic carbocycles. The van der Waals surface area contributed by atoms with Gasteiger partial charge < -0.3 is 5.32 Å². The maximum Gasteiger partial charge on any atom is 0.178 e. The van der Waals surface area contributed by atoms with Gasteiger partial charge >= 0.3 is 0 Å². The molecule has 0 aromatic heterocycles. The van der Waals surface area contributed by atoms with E-state index < -0.39 is 9.84 Å². The molecule has 2 aromatic rings. The summed E-state index contributed by atoms with van der Waals surface area (Å²) in [6, 6.07) is 14.3. The number of hydrogen-bond acceptors (Lipinski definition) is 3. The molecule has 2 aliphatic rings. The number of rotatable bonds is 3. The largest absolute Gasteiger partial charge is 0.378 e. The fourth-order valence-corrected chi connectivity index (χ4v) is 6.57. The van der Waals surface area contributed by atoms with Gasteiger partial charge in [-0.1, -0.05) is 61.0 Å². The zero-order valence-electron chi connectivity index (χ0n) is 16.4. The predicted octanol–water partition coefficient (Wildman–Crippen LogP) is 6.10. The van der Waals surface area contributed by atoms with Gasteiger partial charge in [-0.15, -0.1) is 0 Å². The third-order valence-corrected chi connectivity index (χ3v) is 8.29. The molecule has 0 saturated carbocycles. The minimum Gasteiger partial charge on any atom is -0.378 e. The van der Waals surface area contributed by atoms with Crippen LogP contribution >= 0.6 is 15.9 Å². The van der Waals surface area contributed by atoms with Crippen LogP contribution in [0.4, 0.5) is 5.69 Å². The van der Waals surface area contributed by atoms with E-state index in [-0.39, 0.29) is 23.1 Å². The Morgan fingerprint density at radius 2 is 1.82 bits per heavy atom. The second-order valence-electron chi connectivity index (χ2n) is 9.10. The zero-order valence-corrected chi connectivity index (χ0v) is 18.8. The van der Waals surface area contributed by atoms with Gasteiger partial charge in [0.15, 0.2) is 9.84 Å². The third-order valence-electron chi connectivity index (χ3n) is 5.55. The Kier molecular flexibility index (Phi) is 4.95. The van der Waals surface area contributed by atoms with Crippen LogP contribution in [0, 0.1) is 11.3 Å². The van der Waals surface area contributed by atoms with Crippen molar-refractivity contribution in [2.24, 2.45) is 11.3 Å². The summed E-state index contributed by atoms with van der Waals surface area (Å²) >= 11 is 3.51. The van der Waals surface area contributed by atoms with Crippen molar-refractivity contribution in [3.05, 3.63) is 70.2 Å². The quantitative estimate of drug-likeness (QED) is 0.564. The Morgan fingerprint density at radius 3 is 2.50 bits per heavy atom. The van der Waals surface area contributed by atoms with Crippen LogP contribution in [0.1, 0.15) is 50.3 Å². The number of fused-ring (bicyclic) bond motifs is 3. The van der Waals surface area contributed by atoms with Crippen molar-refractivity contribution in [2.45, 2.75) is 44.0 Å². The van der Waals surface area contributed by atoms with Gasteiger partial charge in [0.2, 0.25) is 0 Å². The average Bonchev–Trinajstić information content (AvgIpc) is 3.09. The van der Waals surface area contributed by atoms with E-state index in [4.69, 9.17) is 0 Å². The Hall–Kier alpha value is -1.59. The molecule has 0 unspecified atom stereocenters. The van der Waals surface area contributed by atoms with Crippen LogP contribution in [0.3, 0.4) is 0 Å². The number of allylic oxidation sites excluding steroid dienone is 2. The molecule has 3 atom stereocenters. The Labute approximate surface area is 176 Å². The molecule has 1 N–H and O–H groups in total. The number of nitrogens with one attached hydrogen (secondary N) is 1. The third kappa shape index (κ3) is 3.79. The molecule has 0 fully saturated rings. The van der Waals surface area contributed by atoms with E-state index >= 15 is 0 Å². The van der Waals surface area contributed by atoms with E-state index in [0.717, 1.165) is 22.1 Å². The molecule has 28 heavy (non-hydrogen) atoms. The molecule has 0 spiro atoms. The van der Waals surface area contributed by atoms with Crippen LogP contribution in [0.15, 0.2) is 64.0 Å². The first-order valence-corrected chi connectivity index (χ1v) is 12.1. The van der Waals surface area contributed by atoms with Crippen molar-refractivity contribution in [1.82, 2.24) is 0 Å². The highest BCUT2D eigenvalue weighted by molar-refractivity contribution is 9.10. The average molecular weight is 460 g/mol. The molecule has 0 bridgehead atoms.